The predicted octanol–water partition coefficient (Wildman–Crippen LogP) is 24.3. The van der Waals surface area contributed by atoms with Crippen LogP contribution in [0, 0.1) is 0 Å². The highest BCUT2D eigenvalue weighted by atomic mass is 15.1. The highest BCUT2D eigenvalue weighted by molar-refractivity contribution is 6.33. The van der Waals surface area contributed by atoms with Crippen molar-refractivity contribution in [3.63, 3.8) is 0 Å². The van der Waals surface area contributed by atoms with Crippen LogP contribution in [0.4, 0.5) is 34.1 Å². The number of nitrogens with zero attached hydrogens (tertiary/aromatic N) is 2. The minimum Gasteiger partial charge on any atom is -0.311 e. The Labute approximate surface area is 515 Å². The molecule has 0 amide bonds. The van der Waals surface area contributed by atoms with E-state index >= 15 is 0 Å². The Balaban J connectivity index is 1.01. The summed E-state index contributed by atoms with van der Waals surface area (Å²) in [5.41, 5.74) is 24.1. The summed E-state index contributed by atoms with van der Waals surface area (Å²) in [7, 11) is 0. The summed E-state index contributed by atoms with van der Waals surface area (Å²) >= 11 is 0. The second-order valence-electron chi connectivity index (χ2n) is 23.2. The van der Waals surface area contributed by atoms with Gasteiger partial charge < -0.3 is 9.80 Å². The van der Waals surface area contributed by atoms with E-state index in [1.54, 1.807) is 0 Å². The van der Waals surface area contributed by atoms with Crippen LogP contribution >= 0.6 is 0 Å². The fourth-order valence-corrected chi connectivity index (χ4v) is 14.1. The third-order valence-corrected chi connectivity index (χ3v) is 18.1. The van der Waals surface area contributed by atoms with Crippen LogP contribution in [0.3, 0.4) is 0 Å². The number of allylic oxidation sites excluding steroid dienone is 5. The lowest BCUT2D eigenvalue weighted by Crippen LogP contribution is -2.09. The summed E-state index contributed by atoms with van der Waals surface area (Å²) in [6, 6.07) is 110. The van der Waals surface area contributed by atoms with Gasteiger partial charge in [-0.15, -0.1) is 0 Å². The topological polar surface area (TPSA) is 6.48 Å². The first kappa shape index (κ1) is 52.5. The van der Waals surface area contributed by atoms with Crippen LogP contribution in [0.2, 0.25) is 0 Å². The van der Waals surface area contributed by atoms with E-state index in [1.165, 1.54) is 115 Å². The van der Waals surface area contributed by atoms with Crippen molar-refractivity contribution in [3.8, 4) is 55.6 Å². The lowest BCUT2D eigenvalue weighted by atomic mass is 9.78. The Bertz CT molecular complexity index is 4930. The molecule has 0 radical (unpaired) electrons. The first-order valence-corrected chi connectivity index (χ1v) is 30.9. The minimum absolute atomic E-state index is 0.967. The second kappa shape index (κ2) is 22.7. The zero-order valence-electron chi connectivity index (χ0n) is 48.9. The number of hydrogen-bond acceptors (Lipinski definition) is 2. The van der Waals surface area contributed by atoms with Crippen LogP contribution in [0.5, 0.6) is 0 Å². The summed E-state index contributed by atoms with van der Waals surface area (Å²) in [4.78, 5) is 4.71. The summed E-state index contributed by atoms with van der Waals surface area (Å²) in [6.45, 7) is 0. The van der Waals surface area contributed by atoms with E-state index in [2.05, 4.69) is 337 Å². The van der Waals surface area contributed by atoms with Gasteiger partial charge in [0.15, 0.2) is 0 Å². The lowest BCUT2D eigenvalue weighted by molar-refractivity contribution is 0.991. The molecule has 0 aromatic heterocycles. The van der Waals surface area contributed by atoms with E-state index in [0.717, 1.165) is 65.4 Å². The van der Waals surface area contributed by atoms with Crippen molar-refractivity contribution < 1.29 is 0 Å². The molecule has 16 rings (SSSR count). The number of rotatable bonds is 12. The summed E-state index contributed by atoms with van der Waals surface area (Å²) in [6.07, 6.45) is 15.9. The van der Waals surface area contributed by atoms with Crippen LogP contribution in [0.1, 0.15) is 36.0 Å². The van der Waals surface area contributed by atoms with Gasteiger partial charge in [-0.25, -0.2) is 0 Å². The van der Waals surface area contributed by atoms with Gasteiger partial charge in [0.05, 0.1) is 0 Å². The van der Waals surface area contributed by atoms with Gasteiger partial charge in [0.25, 0.3) is 0 Å². The predicted molar refractivity (Wildman–Crippen MR) is 377 cm³/mol. The monoisotopic (exact) mass is 1120 g/mol. The Hall–Kier alpha value is -11.1. The molecule has 2 nitrogen and oxygen atoms in total. The molecule has 0 unspecified atom stereocenters. The molecule has 14 aromatic rings. The van der Waals surface area contributed by atoms with Gasteiger partial charge in [-0.2, -0.15) is 0 Å². The van der Waals surface area contributed by atoms with Crippen LogP contribution in [0.25, 0.3) is 110 Å². The average Bonchev–Trinajstić information content (AvgIpc) is 0.811. The molecule has 0 atom stereocenters. The third-order valence-electron chi connectivity index (χ3n) is 18.1. The number of para-hydroxylation sites is 4. The maximum absolute atomic E-state index is 2.56. The third kappa shape index (κ3) is 9.38. The van der Waals surface area contributed by atoms with Crippen LogP contribution in [0.15, 0.2) is 322 Å². The Kier molecular flexibility index (Phi) is 13.6. The summed E-state index contributed by atoms with van der Waals surface area (Å²) in [5.74, 6) is 0. The molecule has 0 saturated carbocycles. The number of hydrogen-bond donors (Lipinski definition) is 0. The van der Waals surface area contributed by atoms with Crippen molar-refractivity contribution in [2.24, 2.45) is 0 Å². The van der Waals surface area contributed by atoms with Gasteiger partial charge in [-0.3, -0.25) is 0 Å². The maximum atomic E-state index is 2.56. The number of fused-ring (bicyclic) bond motifs is 8. The summed E-state index contributed by atoms with van der Waals surface area (Å²) in [5, 5.41) is 9.96. The molecule has 2 heteroatoms. The molecule has 0 N–H and O–H groups in total. The van der Waals surface area contributed by atoms with E-state index in [-0.39, 0.29) is 0 Å². The van der Waals surface area contributed by atoms with Crippen LogP contribution < -0.4 is 9.80 Å². The van der Waals surface area contributed by atoms with Crippen molar-refractivity contribution in [2.75, 3.05) is 9.80 Å². The molecule has 14 aromatic carbocycles. The minimum atomic E-state index is 0.967. The fourth-order valence-electron chi connectivity index (χ4n) is 14.1. The van der Waals surface area contributed by atoms with Crippen molar-refractivity contribution >= 4 is 88.9 Å². The van der Waals surface area contributed by atoms with Crippen molar-refractivity contribution in [1.82, 2.24) is 0 Å². The summed E-state index contributed by atoms with van der Waals surface area (Å²) < 4.78 is 0. The van der Waals surface area contributed by atoms with Crippen LogP contribution in [-0.2, 0) is 6.42 Å². The molecule has 0 spiro atoms. The zero-order valence-corrected chi connectivity index (χ0v) is 48.9. The molecular formula is C86H62N2. The zero-order chi connectivity index (χ0) is 58.3. The molecule has 0 fully saturated rings. The van der Waals surface area contributed by atoms with E-state index in [9.17, 15) is 0 Å². The van der Waals surface area contributed by atoms with Gasteiger partial charge >= 0.3 is 0 Å². The highest BCUT2D eigenvalue weighted by Gasteiger charge is 2.27. The molecule has 88 heavy (non-hydrogen) atoms. The van der Waals surface area contributed by atoms with Gasteiger partial charge in [-0.1, -0.05) is 237 Å². The van der Waals surface area contributed by atoms with E-state index in [4.69, 9.17) is 0 Å². The van der Waals surface area contributed by atoms with Gasteiger partial charge in [0.2, 0.25) is 0 Å². The normalized spacial score (nSPS) is 12.8. The van der Waals surface area contributed by atoms with Gasteiger partial charge in [0.1, 0.15) is 0 Å². The molecule has 0 heterocycles. The smallest absolute Gasteiger partial charge is 0.0462 e. The Morgan fingerprint density at radius 3 is 1.23 bits per heavy atom. The first-order valence-electron chi connectivity index (χ1n) is 30.9. The highest BCUT2D eigenvalue weighted by Crippen LogP contribution is 2.52. The SMILES string of the molecule is C1=CC(c2cc(-c3ccc(N(c4ccccc4)c4ccccc4)cc3)c3c4ccc(-c5ccccc5)cc4c4cc(-c5c6c(c(-c7ccccc7)c7ccccc57)C=CCC6)ccc4c3c2-c2ccc(N(c3ccccc3)c3ccccc3)cc2)=CCC1. The molecule has 0 saturated heterocycles. The van der Waals surface area contributed by atoms with E-state index in [1.807, 2.05) is 0 Å². The Morgan fingerprint density at radius 2 is 0.682 bits per heavy atom. The molecule has 2 aliphatic carbocycles. The largest absolute Gasteiger partial charge is 0.311 e. The molecular weight excluding hydrogens is 1060 g/mol. The molecule has 416 valence electrons. The van der Waals surface area contributed by atoms with E-state index < -0.39 is 0 Å². The second-order valence-corrected chi connectivity index (χ2v) is 23.2. The first-order chi connectivity index (χ1) is 43.7. The molecule has 0 aliphatic heterocycles. The van der Waals surface area contributed by atoms with Gasteiger partial charge in [-0.05, 0) is 238 Å². The van der Waals surface area contributed by atoms with Crippen molar-refractivity contribution in [3.05, 3.63) is 338 Å². The van der Waals surface area contributed by atoms with Crippen molar-refractivity contribution in [1.29, 1.82) is 0 Å². The quantitative estimate of drug-likeness (QED) is 0.113. The maximum Gasteiger partial charge on any atom is 0.0462 e. The number of benzene rings is 14. The molecule has 2 aliphatic rings. The average molecular weight is 1120 g/mol. The van der Waals surface area contributed by atoms with Gasteiger partial charge in [0, 0.05) is 34.1 Å². The Morgan fingerprint density at radius 1 is 0.250 bits per heavy atom. The number of anilines is 6. The fraction of sp³-hybridized carbons (Fsp3) is 0.0465. The standard InChI is InChI=1S/C86H62N2/c1-8-26-59(27-9-1)64-48-54-76-80(56-64)81-57-65(83-74-42-24-22-40-72(74)82(62-30-12-3-13-31-62)73-41-23-25-43-75(73)83)49-55-77(81)86-84(63-46-52-71(53-47-63)88(68-36-18-6-19-37-68)69-38-20-7-21-39-69)78(60-28-10-2-11-29-60)58-79(85(76)86)61-44-50-70(51-45-61)87(66-32-14-4-15-33-66)67-34-16-5-17-35-67/h1,3-10,12-24,26-42,44-58H,2,11,25,43H2. The molecule has 0 bridgehead atoms. The van der Waals surface area contributed by atoms with Crippen molar-refractivity contribution in [2.45, 2.75) is 25.7 Å². The lowest BCUT2D eigenvalue weighted by Gasteiger charge is -2.27. The van der Waals surface area contributed by atoms with Crippen LogP contribution in [-0.4, -0.2) is 0 Å². The van der Waals surface area contributed by atoms with E-state index in [0.29, 0.717) is 0 Å².